The summed E-state index contributed by atoms with van der Waals surface area (Å²) in [6.07, 6.45) is 1.65. The lowest BCUT2D eigenvalue weighted by Gasteiger charge is -2.10. The molecule has 3 nitrogen and oxygen atoms in total. The molecule has 0 bridgehead atoms. The van der Waals surface area contributed by atoms with Gasteiger partial charge in [0.05, 0.1) is 5.69 Å². The smallest absolute Gasteiger partial charge is 0.165 e. The molecule has 1 heterocycles. The van der Waals surface area contributed by atoms with Gasteiger partial charge in [-0.1, -0.05) is 36.4 Å². The van der Waals surface area contributed by atoms with Crippen LogP contribution in [0.1, 0.15) is 0 Å². The second kappa shape index (κ2) is 4.04. The Morgan fingerprint density at radius 1 is 1.00 bits per heavy atom. The maximum absolute atomic E-state index is 9.94. The lowest BCUT2D eigenvalue weighted by molar-refractivity contribution is 0.483. The summed E-state index contributed by atoms with van der Waals surface area (Å²) in [4.78, 5) is 4.20. The molecule has 0 aliphatic heterocycles. The number of hydrogen-bond donors (Lipinski definition) is 2. The van der Waals surface area contributed by atoms with Gasteiger partial charge in [0.1, 0.15) is 5.52 Å². The van der Waals surface area contributed by atoms with Crippen molar-refractivity contribution in [2.24, 2.45) is 0 Å². The molecule has 0 spiro atoms. The minimum atomic E-state index is 0.0466. The number of fused-ring (bicyclic) bond motifs is 1. The molecule has 0 unspecified atom stereocenters. The Morgan fingerprint density at radius 2 is 1.78 bits per heavy atom. The largest absolute Gasteiger partial charge is 0.504 e. The normalized spacial score (nSPS) is 10.7. The van der Waals surface area contributed by atoms with Crippen LogP contribution in [0.15, 0.2) is 54.7 Å². The molecule has 0 aliphatic carbocycles. The molecule has 0 radical (unpaired) electrons. The molecule has 1 aromatic heterocycles. The van der Waals surface area contributed by atoms with Gasteiger partial charge in [-0.15, -0.1) is 0 Å². The summed E-state index contributed by atoms with van der Waals surface area (Å²) in [5.74, 6) is 0.0466. The van der Waals surface area contributed by atoms with Gasteiger partial charge in [-0.25, -0.2) is 0 Å². The number of nitrogen functional groups attached to an aromatic ring is 1. The third kappa shape index (κ3) is 1.57. The van der Waals surface area contributed by atoms with E-state index in [1.165, 1.54) is 0 Å². The average Bonchev–Trinajstić information content (AvgIpc) is 2.44. The number of benzene rings is 2. The van der Waals surface area contributed by atoms with Gasteiger partial charge >= 0.3 is 0 Å². The highest BCUT2D eigenvalue weighted by atomic mass is 16.3. The summed E-state index contributed by atoms with van der Waals surface area (Å²) < 4.78 is 0. The van der Waals surface area contributed by atoms with Crippen LogP contribution in [0.3, 0.4) is 0 Å². The van der Waals surface area contributed by atoms with Gasteiger partial charge in [0.15, 0.2) is 5.75 Å². The highest BCUT2D eigenvalue weighted by Crippen LogP contribution is 2.36. The van der Waals surface area contributed by atoms with Crippen LogP contribution in [0.4, 0.5) is 5.69 Å². The lowest BCUT2D eigenvalue weighted by Crippen LogP contribution is -1.91. The van der Waals surface area contributed by atoms with Gasteiger partial charge < -0.3 is 10.8 Å². The van der Waals surface area contributed by atoms with Gasteiger partial charge in [0, 0.05) is 11.6 Å². The molecule has 18 heavy (non-hydrogen) atoms. The predicted molar refractivity (Wildman–Crippen MR) is 73.3 cm³/mol. The quantitative estimate of drug-likeness (QED) is 0.504. The maximum atomic E-state index is 9.94. The zero-order chi connectivity index (χ0) is 12.5. The first-order chi connectivity index (χ1) is 8.77. The molecule has 88 valence electrons. The Hall–Kier alpha value is -2.55. The topological polar surface area (TPSA) is 59.1 Å². The van der Waals surface area contributed by atoms with Crippen molar-refractivity contribution in [3.8, 4) is 16.9 Å². The fourth-order valence-electron chi connectivity index (χ4n) is 2.11. The molecule has 0 amide bonds. The average molecular weight is 236 g/mol. The first-order valence-corrected chi connectivity index (χ1v) is 5.69. The van der Waals surface area contributed by atoms with Crippen LogP contribution in [-0.4, -0.2) is 10.1 Å². The summed E-state index contributed by atoms with van der Waals surface area (Å²) in [5.41, 5.74) is 8.76. The second-order valence-corrected chi connectivity index (χ2v) is 4.13. The van der Waals surface area contributed by atoms with Crippen molar-refractivity contribution < 1.29 is 5.11 Å². The summed E-state index contributed by atoms with van der Waals surface area (Å²) >= 11 is 0. The molecule has 3 N–H and O–H groups in total. The number of pyridine rings is 1. The van der Waals surface area contributed by atoms with Crippen molar-refractivity contribution in [3.63, 3.8) is 0 Å². The monoisotopic (exact) mass is 236 g/mol. The molecule has 3 aromatic rings. The number of phenols is 1. The van der Waals surface area contributed by atoms with Crippen LogP contribution < -0.4 is 5.73 Å². The molecular formula is C15H12N2O. The molecule has 0 fully saturated rings. The Kier molecular flexibility index (Phi) is 2.38. The van der Waals surface area contributed by atoms with E-state index in [0.717, 1.165) is 16.5 Å². The number of aromatic hydroxyl groups is 1. The molecule has 2 aromatic carbocycles. The number of phenolic OH excluding ortho intramolecular Hbond substituents is 1. The van der Waals surface area contributed by atoms with Gasteiger partial charge in [0.25, 0.3) is 0 Å². The Morgan fingerprint density at radius 3 is 2.56 bits per heavy atom. The van der Waals surface area contributed by atoms with Crippen LogP contribution >= 0.6 is 0 Å². The van der Waals surface area contributed by atoms with E-state index in [0.29, 0.717) is 11.2 Å². The van der Waals surface area contributed by atoms with E-state index in [1.807, 2.05) is 42.5 Å². The number of nitrogens with two attached hydrogens (primary N) is 1. The zero-order valence-corrected chi connectivity index (χ0v) is 9.67. The highest BCUT2D eigenvalue weighted by molar-refractivity contribution is 6.01. The Labute approximate surface area is 105 Å². The lowest BCUT2D eigenvalue weighted by atomic mass is 9.99. The number of rotatable bonds is 1. The van der Waals surface area contributed by atoms with E-state index < -0.39 is 0 Å². The Balaban J connectivity index is 2.40. The number of nitrogens with zero attached hydrogens (tertiary/aromatic N) is 1. The van der Waals surface area contributed by atoms with Crippen LogP contribution in [-0.2, 0) is 0 Å². The molecule has 0 saturated heterocycles. The van der Waals surface area contributed by atoms with E-state index in [9.17, 15) is 5.11 Å². The van der Waals surface area contributed by atoms with E-state index in [1.54, 1.807) is 12.3 Å². The summed E-state index contributed by atoms with van der Waals surface area (Å²) in [5, 5.41) is 10.8. The van der Waals surface area contributed by atoms with Crippen molar-refractivity contribution in [1.82, 2.24) is 4.98 Å². The fourth-order valence-corrected chi connectivity index (χ4v) is 2.11. The van der Waals surface area contributed by atoms with Crippen molar-refractivity contribution >= 4 is 16.6 Å². The van der Waals surface area contributed by atoms with E-state index in [2.05, 4.69) is 4.98 Å². The fraction of sp³-hybridized carbons (Fsp3) is 0. The zero-order valence-electron chi connectivity index (χ0n) is 9.67. The van der Waals surface area contributed by atoms with Crippen molar-refractivity contribution in [2.75, 3.05) is 5.73 Å². The van der Waals surface area contributed by atoms with Gasteiger partial charge in [-0.2, -0.15) is 0 Å². The molecule has 0 aliphatic rings. The predicted octanol–water partition coefficient (Wildman–Crippen LogP) is 3.19. The Bertz CT molecular complexity index is 708. The molecule has 3 heteroatoms. The minimum Gasteiger partial charge on any atom is -0.504 e. The molecular weight excluding hydrogens is 224 g/mol. The third-order valence-corrected chi connectivity index (χ3v) is 2.98. The molecule has 0 atom stereocenters. The summed E-state index contributed by atoms with van der Waals surface area (Å²) in [6.45, 7) is 0. The standard InChI is InChI=1S/C15H12N2O/c16-13-9-12(10-5-2-1-3-6-10)11-7-4-8-17-14(11)15(13)18/h1-9,18H,16H2. The SMILES string of the molecule is Nc1cc(-c2ccccc2)c2cccnc2c1O. The second-order valence-electron chi connectivity index (χ2n) is 4.13. The van der Waals surface area contributed by atoms with Gasteiger partial charge in [-0.3, -0.25) is 4.98 Å². The molecule has 0 saturated carbocycles. The van der Waals surface area contributed by atoms with Gasteiger partial charge in [0.2, 0.25) is 0 Å². The van der Waals surface area contributed by atoms with Crippen molar-refractivity contribution in [3.05, 3.63) is 54.7 Å². The van der Waals surface area contributed by atoms with Gasteiger partial charge in [-0.05, 0) is 23.3 Å². The minimum absolute atomic E-state index is 0.0466. The van der Waals surface area contributed by atoms with E-state index in [4.69, 9.17) is 5.73 Å². The summed E-state index contributed by atoms with van der Waals surface area (Å²) in [6, 6.07) is 15.5. The van der Waals surface area contributed by atoms with E-state index in [-0.39, 0.29) is 5.75 Å². The van der Waals surface area contributed by atoms with Crippen LogP contribution in [0.5, 0.6) is 5.75 Å². The third-order valence-electron chi connectivity index (χ3n) is 2.98. The van der Waals surface area contributed by atoms with Crippen LogP contribution in [0.2, 0.25) is 0 Å². The van der Waals surface area contributed by atoms with Crippen molar-refractivity contribution in [1.29, 1.82) is 0 Å². The molecule has 3 rings (SSSR count). The van der Waals surface area contributed by atoms with E-state index >= 15 is 0 Å². The number of hydrogen-bond acceptors (Lipinski definition) is 3. The number of anilines is 1. The van der Waals surface area contributed by atoms with Crippen LogP contribution in [0.25, 0.3) is 22.0 Å². The number of aromatic nitrogens is 1. The highest BCUT2D eigenvalue weighted by Gasteiger charge is 2.11. The maximum Gasteiger partial charge on any atom is 0.165 e. The van der Waals surface area contributed by atoms with Crippen molar-refractivity contribution in [2.45, 2.75) is 0 Å². The first kappa shape index (κ1) is 10.6. The summed E-state index contributed by atoms with van der Waals surface area (Å²) in [7, 11) is 0. The first-order valence-electron chi connectivity index (χ1n) is 5.69. The van der Waals surface area contributed by atoms with Crippen LogP contribution in [0, 0.1) is 0 Å².